The number of allylic oxidation sites excluding steroid dienone is 1. The van der Waals surface area contributed by atoms with Crippen LogP contribution in [0.2, 0.25) is 5.02 Å². The maximum Gasteiger partial charge on any atom is 0.274 e. The van der Waals surface area contributed by atoms with Crippen LogP contribution in [0.15, 0.2) is 53.2 Å². The van der Waals surface area contributed by atoms with E-state index in [4.69, 9.17) is 17.3 Å². The van der Waals surface area contributed by atoms with Crippen LogP contribution in [0, 0.1) is 0 Å². The average molecular weight is 633 g/mol. The molecule has 2 aromatic rings. The van der Waals surface area contributed by atoms with Crippen molar-refractivity contribution in [3.05, 3.63) is 68.7 Å². The van der Waals surface area contributed by atoms with E-state index < -0.39 is 35.8 Å². The molecule has 4 N–H and O–H groups in total. The molecule has 0 aromatic carbocycles. The van der Waals surface area contributed by atoms with Gasteiger partial charge >= 0.3 is 0 Å². The number of amides is 3. The highest BCUT2D eigenvalue weighted by atomic mass is 35.5. The predicted molar refractivity (Wildman–Crippen MR) is 160 cm³/mol. The average Bonchev–Trinajstić information content (AvgIpc) is 3.49. The first-order valence-corrected chi connectivity index (χ1v) is 14.7. The Balaban J connectivity index is 1.41. The largest absolute Gasteiger partial charge is 0.371 e. The van der Waals surface area contributed by atoms with E-state index in [-0.39, 0.29) is 33.9 Å². The first kappa shape index (κ1) is 32.0. The number of piperazine rings is 1. The molecule has 0 radical (unpaired) electrons. The monoisotopic (exact) mass is 632 g/mol. The third kappa shape index (κ3) is 7.90. The van der Waals surface area contributed by atoms with Crippen LogP contribution in [0.25, 0.3) is 0 Å². The van der Waals surface area contributed by atoms with Gasteiger partial charge in [0.1, 0.15) is 21.4 Å². The van der Waals surface area contributed by atoms with Gasteiger partial charge in [-0.3, -0.25) is 14.4 Å². The third-order valence-electron chi connectivity index (χ3n) is 6.86. The van der Waals surface area contributed by atoms with Gasteiger partial charge in [0.05, 0.1) is 30.0 Å². The topological polar surface area (TPSA) is 146 Å². The van der Waals surface area contributed by atoms with Gasteiger partial charge in [0, 0.05) is 56.5 Å². The van der Waals surface area contributed by atoms with Crippen molar-refractivity contribution >= 4 is 52.2 Å². The predicted octanol–water partition coefficient (Wildman–Crippen LogP) is 3.62. The highest BCUT2D eigenvalue weighted by Crippen LogP contribution is 2.37. The summed E-state index contributed by atoms with van der Waals surface area (Å²) < 4.78 is 28.4. The number of thiazole rings is 1. The minimum absolute atomic E-state index is 0.0302. The molecule has 0 spiro atoms. The fraction of sp³-hybridized carbons (Fsp3) is 0.393. The number of pyridine rings is 1. The Hall–Kier alpha value is -3.97. The molecule has 1 fully saturated rings. The summed E-state index contributed by atoms with van der Waals surface area (Å²) >= 11 is 6.94. The van der Waals surface area contributed by atoms with Crippen molar-refractivity contribution in [2.24, 2.45) is 10.7 Å². The first-order chi connectivity index (χ1) is 20.5. The van der Waals surface area contributed by atoms with E-state index in [0.29, 0.717) is 37.6 Å². The molecule has 2 aliphatic heterocycles. The summed E-state index contributed by atoms with van der Waals surface area (Å²) in [5.41, 5.74) is 9.04. The van der Waals surface area contributed by atoms with Gasteiger partial charge in [-0.25, -0.2) is 23.7 Å². The maximum atomic E-state index is 14.2. The van der Waals surface area contributed by atoms with Gasteiger partial charge in [-0.05, 0) is 25.1 Å². The lowest BCUT2D eigenvalue weighted by atomic mass is 10.1. The van der Waals surface area contributed by atoms with E-state index in [2.05, 4.69) is 36.2 Å². The maximum absolute atomic E-state index is 14.2. The SMILES string of the molecule is CCC(F)(F)c1cc(NC(=O)c2cnc(C(C)NC(=O)C3=N/C=C=CC/C(N4CCN(C(=O)CN)CC4)=C\3)s2)ncc1Cl. The van der Waals surface area contributed by atoms with E-state index >= 15 is 0 Å². The van der Waals surface area contributed by atoms with Crippen molar-refractivity contribution in [1.82, 2.24) is 25.1 Å². The molecule has 228 valence electrons. The quantitative estimate of drug-likeness (QED) is 0.358. The van der Waals surface area contributed by atoms with Gasteiger partial charge < -0.3 is 26.2 Å². The van der Waals surface area contributed by atoms with Crippen LogP contribution >= 0.6 is 22.9 Å². The molecule has 11 nitrogen and oxygen atoms in total. The van der Waals surface area contributed by atoms with E-state index in [1.807, 2.05) is 6.08 Å². The molecular weight excluding hydrogens is 602 g/mol. The number of carbonyl (C=O) groups excluding carboxylic acids is 3. The number of nitrogens with one attached hydrogen (secondary N) is 2. The van der Waals surface area contributed by atoms with Crippen LogP contribution in [0.5, 0.6) is 0 Å². The summed E-state index contributed by atoms with van der Waals surface area (Å²) in [5, 5.41) is 5.61. The molecule has 15 heteroatoms. The Morgan fingerprint density at radius 1 is 1.19 bits per heavy atom. The fourth-order valence-corrected chi connectivity index (χ4v) is 5.43. The smallest absolute Gasteiger partial charge is 0.274 e. The number of hydrogen-bond acceptors (Lipinski definition) is 9. The van der Waals surface area contributed by atoms with Crippen LogP contribution in [-0.4, -0.2) is 75.9 Å². The molecule has 2 aromatic heterocycles. The molecule has 1 saturated heterocycles. The van der Waals surface area contributed by atoms with Crippen molar-refractivity contribution < 1.29 is 23.2 Å². The van der Waals surface area contributed by atoms with E-state index in [0.717, 1.165) is 29.3 Å². The number of rotatable bonds is 9. The second-order valence-electron chi connectivity index (χ2n) is 9.75. The molecule has 4 rings (SSSR count). The minimum Gasteiger partial charge on any atom is -0.371 e. The number of carbonyl (C=O) groups is 3. The second kappa shape index (κ2) is 14.0. The molecule has 0 aliphatic carbocycles. The number of alkyl halides is 2. The van der Waals surface area contributed by atoms with E-state index in [9.17, 15) is 23.2 Å². The van der Waals surface area contributed by atoms with Crippen LogP contribution in [0.1, 0.15) is 53.0 Å². The Morgan fingerprint density at radius 3 is 2.63 bits per heavy atom. The van der Waals surface area contributed by atoms with Gasteiger partial charge in [-0.1, -0.05) is 18.5 Å². The summed E-state index contributed by atoms with van der Waals surface area (Å²) in [6.45, 7) is 5.27. The summed E-state index contributed by atoms with van der Waals surface area (Å²) in [6, 6.07) is 0.479. The van der Waals surface area contributed by atoms with Crippen molar-refractivity contribution in [2.45, 2.75) is 38.7 Å². The molecule has 0 saturated carbocycles. The minimum atomic E-state index is -3.17. The number of nitrogens with two attached hydrogens (primary N) is 1. The number of anilines is 1. The lowest BCUT2D eigenvalue weighted by Gasteiger charge is -2.37. The Bertz CT molecular complexity index is 1510. The molecule has 1 unspecified atom stereocenters. The van der Waals surface area contributed by atoms with Crippen LogP contribution in [0.4, 0.5) is 14.6 Å². The van der Waals surface area contributed by atoms with Crippen molar-refractivity contribution in [3.8, 4) is 0 Å². The normalized spacial score (nSPS) is 18.6. The van der Waals surface area contributed by atoms with Gasteiger partial charge in [-0.15, -0.1) is 17.1 Å². The Kier molecular flexibility index (Phi) is 10.4. The summed E-state index contributed by atoms with van der Waals surface area (Å²) in [5.74, 6) is -4.39. The number of nitrogens with zero attached hydrogens (tertiary/aromatic N) is 5. The van der Waals surface area contributed by atoms with E-state index in [1.54, 1.807) is 17.9 Å². The summed E-state index contributed by atoms with van der Waals surface area (Å²) in [4.78, 5) is 54.4. The highest BCUT2D eigenvalue weighted by molar-refractivity contribution is 7.13. The first-order valence-electron chi connectivity index (χ1n) is 13.5. The zero-order valence-electron chi connectivity index (χ0n) is 23.6. The van der Waals surface area contributed by atoms with Gasteiger partial charge in [0.15, 0.2) is 0 Å². The van der Waals surface area contributed by atoms with Gasteiger partial charge in [0.25, 0.3) is 17.7 Å². The molecule has 3 amide bonds. The summed E-state index contributed by atoms with van der Waals surface area (Å²) in [7, 11) is 0. The van der Waals surface area contributed by atoms with Crippen molar-refractivity contribution in [2.75, 3.05) is 38.0 Å². The van der Waals surface area contributed by atoms with Gasteiger partial charge in [-0.2, -0.15) is 0 Å². The van der Waals surface area contributed by atoms with Crippen molar-refractivity contribution in [1.29, 1.82) is 0 Å². The number of halogens is 3. The Morgan fingerprint density at radius 2 is 1.93 bits per heavy atom. The molecule has 1 atom stereocenters. The standard InChI is InChI=1S/C28H31ClF2N8O3S/c1-3-28(30,31)19-13-23(34-15-20(19)29)37-26(42)22-16-35-27(43-22)17(2)36-25(41)21-12-18(6-4-5-7-33-21)38-8-10-39(11-9-38)24(40)14-32/h4,7,12-13,15-17H,3,6,8-11,14,32H2,1-2H3,(H,36,41)(H,34,37,42)/b18-12+,33-21+. The zero-order chi connectivity index (χ0) is 31.1. The van der Waals surface area contributed by atoms with Gasteiger partial charge in [0.2, 0.25) is 5.91 Å². The van der Waals surface area contributed by atoms with E-state index in [1.165, 1.54) is 19.3 Å². The molecule has 0 bridgehead atoms. The Labute approximate surface area is 256 Å². The lowest BCUT2D eigenvalue weighted by molar-refractivity contribution is -0.131. The fourth-order valence-electron chi connectivity index (χ4n) is 4.37. The van der Waals surface area contributed by atoms with Crippen LogP contribution in [0.3, 0.4) is 0 Å². The van der Waals surface area contributed by atoms with Crippen LogP contribution < -0.4 is 16.4 Å². The zero-order valence-corrected chi connectivity index (χ0v) is 25.1. The van der Waals surface area contributed by atoms with Crippen LogP contribution in [-0.2, 0) is 15.5 Å². The van der Waals surface area contributed by atoms with Crippen molar-refractivity contribution in [3.63, 3.8) is 0 Å². The molecule has 2 aliphatic rings. The molecule has 43 heavy (non-hydrogen) atoms. The summed E-state index contributed by atoms with van der Waals surface area (Å²) in [6.07, 6.45) is 7.43. The molecule has 4 heterocycles. The highest BCUT2D eigenvalue weighted by Gasteiger charge is 2.32. The second-order valence-corrected chi connectivity index (χ2v) is 11.2. The number of hydrogen-bond donors (Lipinski definition) is 3. The molecular formula is C28H31ClF2N8O3S. The number of aliphatic imine (C=N–C) groups is 1. The third-order valence-corrected chi connectivity index (χ3v) is 8.34. The number of aromatic nitrogens is 2. The lowest BCUT2D eigenvalue weighted by Crippen LogP contribution is -2.50.